The Labute approximate surface area is 130 Å². The van der Waals surface area contributed by atoms with Crippen molar-refractivity contribution in [2.75, 3.05) is 6.61 Å². The monoisotopic (exact) mass is 294 g/mol. The number of rotatable bonds is 3. The van der Waals surface area contributed by atoms with E-state index in [1.807, 2.05) is 0 Å². The van der Waals surface area contributed by atoms with Crippen molar-refractivity contribution in [1.29, 1.82) is 0 Å². The van der Waals surface area contributed by atoms with Crippen LogP contribution in [0.15, 0.2) is 0 Å². The number of hydrogen-bond donors (Lipinski definition) is 1. The lowest BCUT2D eigenvalue weighted by molar-refractivity contribution is -0.141. The van der Waals surface area contributed by atoms with E-state index in [9.17, 15) is 5.11 Å². The molecule has 1 spiro atoms. The molecule has 1 heterocycles. The lowest BCUT2D eigenvalue weighted by Gasteiger charge is -2.46. The first-order valence-corrected chi connectivity index (χ1v) is 9.54. The lowest BCUT2D eigenvalue weighted by Crippen LogP contribution is -2.46. The first-order valence-electron chi connectivity index (χ1n) is 9.54. The minimum absolute atomic E-state index is 0.0643. The molecule has 1 saturated heterocycles. The summed E-state index contributed by atoms with van der Waals surface area (Å²) < 4.78 is 6.20. The third-order valence-corrected chi connectivity index (χ3v) is 6.73. The topological polar surface area (TPSA) is 29.5 Å². The first-order chi connectivity index (χ1) is 10.2. The highest BCUT2D eigenvalue weighted by Crippen LogP contribution is 2.44. The summed E-state index contributed by atoms with van der Waals surface area (Å²) in [6, 6.07) is 0. The fourth-order valence-electron chi connectivity index (χ4n) is 5.22. The lowest BCUT2D eigenvalue weighted by atomic mass is 9.70. The zero-order valence-corrected chi connectivity index (χ0v) is 13.9. The van der Waals surface area contributed by atoms with Crippen molar-refractivity contribution < 1.29 is 9.84 Å². The third-order valence-electron chi connectivity index (χ3n) is 6.73. The number of aliphatic hydroxyl groups excluding tert-OH is 1. The van der Waals surface area contributed by atoms with E-state index in [0.717, 1.165) is 25.4 Å². The van der Waals surface area contributed by atoms with Crippen molar-refractivity contribution in [3.8, 4) is 0 Å². The fourth-order valence-corrected chi connectivity index (χ4v) is 5.22. The van der Waals surface area contributed by atoms with Gasteiger partial charge in [0.15, 0.2) is 0 Å². The third kappa shape index (κ3) is 3.64. The standard InChI is InChI=1S/C19H34O2/c1-2-15-6-8-16(9-7-15)18(20)17-10-13-21-19(14-17)11-4-3-5-12-19/h15-18,20H,2-14H2,1H3. The first kappa shape index (κ1) is 15.8. The predicted molar refractivity (Wildman–Crippen MR) is 86.2 cm³/mol. The molecule has 3 fully saturated rings. The summed E-state index contributed by atoms with van der Waals surface area (Å²) in [7, 11) is 0. The van der Waals surface area contributed by atoms with E-state index in [1.165, 1.54) is 64.2 Å². The van der Waals surface area contributed by atoms with Gasteiger partial charge in [0.05, 0.1) is 11.7 Å². The second-order valence-corrected chi connectivity index (χ2v) is 8.02. The number of ether oxygens (including phenoxy) is 1. The fraction of sp³-hybridized carbons (Fsp3) is 1.00. The van der Waals surface area contributed by atoms with Crippen LogP contribution in [0.2, 0.25) is 0 Å². The van der Waals surface area contributed by atoms with Gasteiger partial charge in [-0.15, -0.1) is 0 Å². The quantitative estimate of drug-likeness (QED) is 0.818. The number of aliphatic hydroxyl groups is 1. The summed E-state index contributed by atoms with van der Waals surface area (Å²) in [5.74, 6) is 1.99. The van der Waals surface area contributed by atoms with Crippen molar-refractivity contribution in [1.82, 2.24) is 0 Å². The molecule has 3 aliphatic rings. The zero-order valence-electron chi connectivity index (χ0n) is 13.9. The Balaban J connectivity index is 1.55. The van der Waals surface area contributed by atoms with Crippen LogP contribution in [-0.4, -0.2) is 23.4 Å². The van der Waals surface area contributed by atoms with E-state index >= 15 is 0 Å². The van der Waals surface area contributed by atoms with Crippen molar-refractivity contribution in [3.05, 3.63) is 0 Å². The zero-order chi connectivity index (χ0) is 14.7. The average molecular weight is 294 g/mol. The molecule has 0 aromatic carbocycles. The van der Waals surface area contributed by atoms with Crippen LogP contribution >= 0.6 is 0 Å². The molecule has 2 aliphatic carbocycles. The van der Waals surface area contributed by atoms with Crippen LogP contribution in [0.25, 0.3) is 0 Å². The molecule has 0 aromatic heterocycles. The van der Waals surface area contributed by atoms with Crippen LogP contribution < -0.4 is 0 Å². The number of hydrogen-bond acceptors (Lipinski definition) is 2. The molecule has 1 aliphatic heterocycles. The maximum absolute atomic E-state index is 10.9. The summed E-state index contributed by atoms with van der Waals surface area (Å²) in [5, 5.41) is 10.9. The Morgan fingerprint density at radius 2 is 1.71 bits per heavy atom. The highest BCUT2D eigenvalue weighted by molar-refractivity contribution is 4.93. The minimum Gasteiger partial charge on any atom is -0.393 e. The molecule has 21 heavy (non-hydrogen) atoms. The molecule has 0 aromatic rings. The predicted octanol–water partition coefficient (Wildman–Crippen LogP) is 4.69. The molecule has 0 amide bonds. The van der Waals surface area contributed by atoms with Crippen LogP contribution in [0.1, 0.15) is 84.0 Å². The molecule has 0 bridgehead atoms. The van der Waals surface area contributed by atoms with E-state index in [0.29, 0.717) is 11.8 Å². The minimum atomic E-state index is -0.0643. The average Bonchev–Trinajstić information content (AvgIpc) is 2.55. The van der Waals surface area contributed by atoms with Gasteiger partial charge in [0.2, 0.25) is 0 Å². The molecular weight excluding hydrogens is 260 g/mol. The molecule has 2 atom stereocenters. The molecule has 3 rings (SSSR count). The molecule has 2 saturated carbocycles. The molecule has 2 nitrogen and oxygen atoms in total. The van der Waals surface area contributed by atoms with Crippen LogP contribution in [0.5, 0.6) is 0 Å². The smallest absolute Gasteiger partial charge is 0.0686 e. The van der Waals surface area contributed by atoms with Gasteiger partial charge >= 0.3 is 0 Å². The summed E-state index contributed by atoms with van der Waals surface area (Å²) in [6.45, 7) is 3.19. The Bertz CT molecular complexity index is 308. The van der Waals surface area contributed by atoms with E-state index in [1.54, 1.807) is 0 Å². The summed E-state index contributed by atoms with van der Waals surface area (Å²) in [4.78, 5) is 0. The second-order valence-electron chi connectivity index (χ2n) is 8.02. The van der Waals surface area contributed by atoms with Gasteiger partial charge in [0.1, 0.15) is 0 Å². The van der Waals surface area contributed by atoms with Gasteiger partial charge in [-0.2, -0.15) is 0 Å². The van der Waals surface area contributed by atoms with Gasteiger partial charge in [-0.1, -0.05) is 45.4 Å². The van der Waals surface area contributed by atoms with Crippen LogP contribution in [-0.2, 0) is 4.74 Å². The van der Waals surface area contributed by atoms with Gasteiger partial charge in [0, 0.05) is 6.61 Å². The highest BCUT2D eigenvalue weighted by Gasteiger charge is 2.42. The van der Waals surface area contributed by atoms with E-state index in [4.69, 9.17) is 4.74 Å². The van der Waals surface area contributed by atoms with Gasteiger partial charge in [-0.25, -0.2) is 0 Å². The van der Waals surface area contributed by atoms with Gasteiger partial charge < -0.3 is 9.84 Å². The molecule has 1 N–H and O–H groups in total. The van der Waals surface area contributed by atoms with Gasteiger partial charge in [0.25, 0.3) is 0 Å². The van der Waals surface area contributed by atoms with Crippen molar-refractivity contribution in [2.24, 2.45) is 17.8 Å². The summed E-state index contributed by atoms with van der Waals surface area (Å²) >= 11 is 0. The van der Waals surface area contributed by atoms with E-state index in [-0.39, 0.29) is 11.7 Å². The Morgan fingerprint density at radius 1 is 1.00 bits per heavy atom. The Hall–Kier alpha value is -0.0800. The van der Waals surface area contributed by atoms with E-state index < -0.39 is 0 Å². The van der Waals surface area contributed by atoms with Crippen LogP contribution in [0.4, 0.5) is 0 Å². The van der Waals surface area contributed by atoms with Gasteiger partial charge in [-0.05, 0) is 56.3 Å². The summed E-state index contributed by atoms with van der Waals surface area (Å²) in [5.41, 5.74) is 0.142. The van der Waals surface area contributed by atoms with E-state index in [2.05, 4.69) is 6.92 Å². The maximum Gasteiger partial charge on any atom is 0.0686 e. The Morgan fingerprint density at radius 3 is 2.38 bits per heavy atom. The van der Waals surface area contributed by atoms with Crippen LogP contribution in [0.3, 0.4) is 0 Å². The molecule has 2 heteroatoms. The molecule has 122 valence electrons. The largest absolute Gasteiger partial charge is 0.393 e. The highest BCUT2D eigenvalue weighted by atomic mass is 16.5. The van der Waals surface area contributed by atoms with Crippen molar-refractivity contribution in [3.63, 3.8) is 0 Å². The summed E-state index contributed by atoms with van der Waals surface area (Å²) in [6.07, 6.45) is 15.1. The maximum atomic E-state index is 10.9. The van der Waals surface area contributed by atoms with Crippen molar-refractivity contribution in [2.45, 2.75) is 95.7 Å². The van der Waals surface area contributed by atoms with Crippen LogP contribution in [0, 0.1) is 17.8 Å². The molecule has 0 radical (unpaired) electrons. The molecule has 2 unspecified atom stereocenters. The van der Waals surface area contributed by atoms with Crippen molar-refractivity contribution >= 4 is 0 Å². The Kier molecular flexibility index (Phi) is 5.27. The normalized spacial score (nSPS) is 38.3. The second kappa shape index (κ2) is 7.00. The molecular formula is C19H34O2. The SMILES string of the molecule is CCC1CCC(C(O)C2CCOC3(CCCCC3)C2)CC1. The van der Waals surface area contributed by atoms with Gasteiger partial charge in [-0.3, -0.25) is 0 Å².